The first-order chi connectivity index (χ1) is 16.9. The molecule has 1 aliphatic rings. The highest BCUT2D eigenvalue weighted by Gasteiger charge is 2.17. The van der Waals surface area contributed by atoms with Crippen LogP contribution in [0.2, 0.25) is 0 Å². The molecule has 35 heavy (non-hydrogen) atoms. The van der Waals surface area contributed by atoms with Crippen molar-refractivity contribution < 1.29 is 17.9 Å². The highest BCUT2D eigenvalue weighted by atomic mass is 32.2. The second-order valence-corrected chi connectivity index (χ2v) is 10.2. The van der Waals surface area contributed by atoms with Gasteiger partial charge in [-0.05, 0) is 68.7 Å². The number of anilines is 2. The third-order valence-corrected chi connectivity index (χ3v) is 7.39. The second kappa shape index (κ2) is 11.3. The standard InChI is InChI=1S/C27H31N3O4S/c1-21-25(30-17-5-6-18-30)14-8-15-26(21)34-19-9-16-28-27(31)22-10-7-11-23(20-22)29-35(32,33)24-12-3-2-4-13-24/h2-4,7-8,10-15,20,29H,5-6,9,16-19H2,1H3,(H,28,31). The molecular weight excluding hydrogens is 462 g/mol. The van der Waals surface area contributed by atoms with E-state index >= 15 is 0 Å². The van der Waals surface area contributed by atoms with E-state index in [1.807, 2.05) is 12.1 Å². The number of rotatable bonds is 10. The summed E-state index contributed by atoms with van der Waals surface area (Å²) < 4.78 is 33.6. The van der Waals surface area contributed by atoms with Gasteiger partial charge in [0.2, 0.25) is 0 Å². The van der Waals surface area contributed by atoms with Crippen molar-refractivity contribution in [1.29, 1.82) is 0 Å². The Balaban J connectivity index is 1.26. The van der Waals surface area contributed by atoms with E-state index in [-0.39, 0.29) is 10.8 Å². The number of ether oxygens (including phenoxy) is 1. The summed E-state index contributed by atoms with van der Waals surface area (Å²) in [5.41, 5.74) is 3.09. The van der Waals surface area contributed by atoms with Crippen LogP contribution in [0.15, 0.2) is 77.7 Å². The summed E-state index contributed by atoms with van der Waals surface area (Å²) in [6.45, 7) is 5.20. The number of carbonyl (C=O) groups is 1. The minimum Gasteiger partial charge on any atom is -0.493 e. The molecule has 1 fully saturated rings. The minimum absolute atomic E-state index is 0.163. The van der Waals surface area contributed by atoms with Crippen molar-refractivity contribution in [3.63, 3.8) is 0 Å². The Morgan fingerprint density at radius 1 is 0.971 bits per heavy atom. The van der Waals surface area contributed by atoms with E-state index in [0.29, 0.717) is 30.8 Å². The first-order valence-electron chi connectivity index (χ1n) is 11.9. The third kappa shape index (κ3) is 6.33. The maximum absolute atomic E-state index is 12.6. The number of hydrogen-bond acceptors (Lipinski definition) is 5. The topological polar surface area (TPSA) is 87.7 Å². The molecule has 0 aliphatic carbocycles. The summed E-state index contributed by atoms with van der Waals surface area (Å²) in [4.78, 5) is 15.1. The van der Waals surface area contributed by atoms with E-state index in [9.17, 15) is 13.2 Å². The fraction of sp³-hybridized carbons (Fsp3) is 0.296. The number of nitrogens with one attached hydrogen (secondary N) is 2. The minimum atomic E-state index is -3.72. The first-order valence-corrected chi connectivity index (χ1v) is 13.4. The molecule has 7 nitrogen and oxygen atoms in total. The molecular formula is C27H31N3O4S. The largest absolute Gasteiger partial charge is 0.493 e. The van der Waals surface area contributed by atoms with Gasteiger partial charge < -0.3 is 15.0 Å². The molecule has 1 aliphatic heterocycles. The summed E-state index contributed by atoms with van der Waals surface area (Å²) >= 11 is 0. The summed E-state index contributed by atoms with van der Waals surface area (Å²) in [6, 6.07) is 20.7. The van der Waals surface area contributed by atoms with Crippen LogP contribution >= 0.6 is 0 Å². The van der Waals surface area contributed by atoms with Gasteiger partial charge in [0.15, 0.2) is 0 Å². The van der Waals surface area contributed by atoms with Crippen LogP contribution in [0.3, 0.4) is 0 Å². The number of sulfonamides is 1. The Morgan fingerprint density at radius 3 is 2.49 bits per heavy atom. The second-order valence-electron chi connectivity index (χ2n) is 8.55. The molecule has 1 heterocycles. The van der Waals surface area contributed by atoms with Crippen molar-refractivity contribution in [2.45, 2.75) is 31.1 Å². The lowest BCUT2D eigenvalue weighted by Crippen LogP contribution is -2.25. The molecule has 0 aromatic heterocycles. The molecule has 0 radical (unpaired) electrons. The van der Waals surface area contributed by atoms with Crippen molar-refractivity contribution in [3.05, 3.63) is 83.9 Å². The maximum atomic E-state index is 12.6. The van der Waals surface area contributed by atoms with Gasteiger partial charge in [0.1, 0.15) is 5.75 Å². The smallest absolute Gasteiger partial charge is 0.261 e. The van der Waals surface area contributed by atoms with E-state index < -0.39 is 10.0 Å². The molecule has 0 unspecified atom stereocenters. The average molecular weight is 494 g/mol. The Labute approximate surface area is 207 Å². The molecule has 0 saturated carbocycles. The highest BCUT2D eigenvalue weighted by molar-refractivity contribution is 7.92. The number of amides is 1. The van der Waals surface area contributed by atoms with Crippen LogP contribution in [0.4, 0.5) is 11.4 Å². The van der Waals surface area contributed by atoms with Crippen LogP contribution in [-0.2, 0) is 10.0 Å². The molecule has 184 valence electrons. The SMILES string of the molecule is Cc1c(OCCCNC(=O)c2cccc(NS(=O)(=O)c3ccccc3)c2)cccc1N1CCCC1. The number of carbonyl (C=O) groups excluding carboxylic acids is 1. The van der Waals surface area contributed by atoms with Gasteiger partial charge in [0.05, 0.1) is 11.5 Å². The van der Waals surface area contributed by atoms with E-state index in [4.69, 9.17) is 4.74 Å². The van der Waals surface area contributed by atoms with Crippen LogP contribution in [0.1, 0.15) is 35.2 Å². The summed E-state index contributed by atoms with van der Waals surface area (Å²) in [6.07, 6.45) is 3.11. The zero-order chi connectivity index (χ0) is 24.7. The fourth-order valence-electron chi connectivity index (χ4n) is 4.16. The molecule has 3 aromatic carbocycles. The molecule has 1 amide bonds. The number of benzene rings is 3. The number of hydrogen-bond donors (Lipinski definition) is 2. The van der Waals surface area contributed by atoms with E-state index in [2.05, 4.69) is 27.9 Å². The van der Waals surface area contributed by atoms with Gasteiger partial charge in [-0.15, -0.1) is 0 Å². The molecule has 0 spiro atoms. The zero-order valence-electron chi connectivity index (χ0n) is 19.9. The summed E-state index contributed by atoms with van der Waals surface area (Å²) in [7, 11) is -3.72. The van der Waals surface area contributed by atoms with Crippen molar-refractivity contribution in [1.82, 2.24) is 5.32 Å². The van der Waals surface area contributed by atoms with Crippen LogP contribution in [0.25, 0.3) is 0 Å². The van der Waals surface area contributed by atoms with Crippen LogP contribution in [0.5, 0.6) is 5.75 Å². The summed E-state index contributed by atoms with van der Waals surface area (Å²) in [5, 5.41) is 2.87. The van der Waals surface area contributed by atoms with Crippen molar-refractivity contribution in [2.75, 3.05) is 35.9 Å². The van der Waals surface area contributed by atoms with Gasteiger partial charge in [-0.2, -0.15) is 0 Å². The summed E-state index contributed by atoms with van der Waals surface area (Å²) in [5.74, 6) is 0.608. The Hall–Kier alpha value is -3.52. The molecule has 8 heteroatoms. The van der Waals surface area contributed by atoms with Crippen molar-refractivity contribution in [3.8, 4) is 5.75 Å². The average Bonchev–Trinajstić information content (AvgIpc) is 3.40. The van der Waals surface area contributed by atoms with Crippen LogP contribution in [0, 0.1) is 6.92 Å². The van der Waals surface area contributed by atoms with Crippen molar-refractivity contribution in [2.24, 2.45) is 0 Å². The zero-order valence-corrected chi connectivity index (χ0v) is 20.7. The normalized spacial score (nSPS) is 13.5. The molecule has 2 N–H and O–H groups in total. The van der Waals surface area contributed by atoms with Crippen molar-refractivity contribution >= 4 is 27.3 Å². The molecule has 0 bridgehead atoms. The lowest BCUT2D eigenvalue weighted by atomic mass is 10.1. The molecule has 3 aromatic rings. The molecule has 4 rings (SSSR count). The van der Waals surface area contributed by atoms with E-state index in [0.717, 1.165) is 24.4 Å². The Kier molecular flexibility index (Phi) is 7.92. The monoisotopic (exact) mass is 493 g/mol. The van der Waals surface area contributed by atoms with E-state index in [1.165, 1.54) is 36.7 Å². The van der Waals surface area contributed by atoms with Gasteiger partial charge in [-0.3, -0.25) is 9.52 Å². The van der Waals surface area contributed by atoms with Gasteiger partial charge in [-0.1, -0.05) is 30.3 Å². The molecule has 0 atom stereocenters. The Morgan fingerprint density at radius 2 is 1.71 bits per heavy atom. The van der Waals surface area contributed by atoms with Crippen LogP contribution in [-0.4, -0.2) is 40.6 Å². The Bertz CT molecular complexity index is 1260. The first kappa shape index (κ1) is 24.6. The quantitative estimate of drug-likeness (QED) is 0.403. The lowest BCUT2D eigenvalue weighted by Gasteiger charge is -2.21. The van der Waals surface area contributed by atoms with Gasteiger partial charge in [0, 0.05) is 42.1 Å². The predicted molar refractivity (Wildman–Crippen MR) is 139 cm³/mol. The third-order valence-electron chi connectivity index (χ3n) is 6.00. The number of nitrogens with zero attached hydrogens (tertiary/aromatic N) is 1. The highest BCUT2D eigenvalue weighted by Crippen LogP contribution is 2.30. The maximum Gasteiger partial charge on any atom is 0.261 e. The molecule has 1 saturated heterocycles. The van der Waals surface area contributed by atoms with Crippen LogP contribution < -0.4 is 19.7 Å². The predicted octanol–water partition coefficient (Wildman–Crippen LogP) is 4.59. The lowest BCUT2D eigenvalue weighted by molar-refractivity contribution is 0.0951. The van der Waals surface area contributed by atoms with Gasteiger partial charge >= 0.3 is 0 Å². The fourth-order valence-corrected chi connectivity index (χ4v) is 5.23. The van der Waals surface area contributed by atoms with E-state index in [1.54, 1.807) is 36.4 Å². The van der Waals surface area contributed by atoms with Gasteiger partial charge in [-0.25, -0.2) is 8.42 Å². The van der Waals surface area contributed by atoms with Gasteiger partial charge in [0.25, 0.3) is 15.9 Å².